The lowest BCUT2D eigenvalue weighted by molar-refractivity contribution is -0.134. The van der Waals surface area contributed by atoms with E-state index in [1.54, 1.807) is 29.2 Å². The third-order valence-electron chi connectivity index (χ3n) is 1.27. The van der Waals surface area contributed by atoms with Gasteiger partial charge in [0.1, 0.15) is 5.01 Å². The fraction of sp³-hybridized carbons (Fsp3) is 0.375. The summed E-state index contributed by atoms with van der Waals surface area (Å²) in [4.78, 5) is 10.7. The van der Waals surface area contributed by atoms with Crippen molar-refractivity contribution in [3.8, 4) is 0 Å². The first-order valence-electron chi connectivity index (χ1n) is 3.90. The lowest BCUT2D eigenvalue weighted by atomic mass is 10.5. The highest BCUT2D eigenvalue weighted by molar-refractivity contribution is 8.01. The van der Waals surface area contributed by atoms with E-state index in [2.05, 4.69) is 14.9 Å². The molecular weight excluding hydrogens is 220 g/mol. The van der Waals surface area contributed by atoms with Crippen molar-refractivity contribution in [2.45, 2.75) is 11.3 Å². The van der Waals surface area contributed by atoms with Crippen LogP contribution in [0.25, 0.3) is 0 Å². The number of ether oxygens (including phenoxy) is 1. The number of thioether (sulfide) groups is 1. The van der Waals surface area contributed by atoms with Crippen LogP contribution in [0.2, 0.25) is 0 Å². The summed E-state index contributed by atoms with van der Waals surface area (Å²) in [6.45, 7) is 1.91. The van der Waals surface area contributed by atoms with E-state index in [0.29, 0.717) is 5.75 Å². The van der Waals surface area contributed by atoms with Crippen LogP contribution in [0.4, 0.5) is 0 Å². The minimum atomic E-state index is -0.334. The highest BCUT2D eigenvalue weighted by Gasteiger charge is 1.98. The molecule has 0 atom stereocenters. The predicted octanol–water partition coefficient (Wildman–Crippen LogP) is 1.67. The van der Waals surface area contributed by atoms with E-state index < -0.39 is 0 Å². The standard InChI is InChI=1S/C8H10N2O2S2/c1-6-9-10-8(14-6)13-5-3-4-7(11)12-2/h3-4H,5H2,1-2H3. The van der Waals surface area contributed by atoms with Gasteiger partial charge in [-0.25, -0.2) is 4.79 Å². The van der Waals surface area contributed by atoms with Crippen LogP contribution in [0.15, 0.2) is 16.5 Å². The average Bonchev–Trinajstić information content (AvgIpc) is 2.58. The van der Waals surface area contributed by atoms with Gasteiger partial charge in [-0.05, 0) is 6.92 Å². The molecule has 6 heteroatoms. The molecule has 0 fully saturated rings. The van der Waals surface area contributed by atoms with Crippen LogP contribution in [-0.4, -0.2) is 29.0 Å². The molecule has 0 aliphatic rings. The normalized spacial score (nSPS) is 10.7. The van der Waals surface area contributed by atoms with E-state index in [1.165, 1.54) is 13.2 Å². The lowest BCUT2D eigenvalue weighted by Gasteiger charge is -1.90. The van der Waals surface area contributed by atoms with Crippen molar-refractivity contribution in [1.29, 1.82) is 0 Å². The molecule has 1 heterocycles. The first-order valence-corrected chi connectivity index (χ1v) is 5.70. The fourth-order valence-corrected chi connectivity index (χ4v) is 2.32. The molecule has 0 amide bonds. The quantitative estimate of drug-likeness (QED) is 0.447. The summed E-state index contributed by atoms with van der Waals surface area (Å²) >= 11 is 3.09. The first-order chi connectivity index (χ1) is 6.72. The van der Waals surface area contributed by atoms with Gasteiger partial charge >= 0.3 is 5.97 Å². The Labute approximate surface area is 90.4 Å². The number of hydrogen-bond donors (Lipinski definition) is 0. The number of esters is 1. The molecule has 0 aliphatic heterocycles. The molecule has 4 nitrogen and oxygen atoms in total. The Morgan fingerprint density at radius 2 is 2.43 bits per heavy atom. The minimum absolute atomic E-state index is 0.334. The van der Waals surface area contributed by atoms with Crippen LogP contribution >= 0.6 is 23.1 Å². The van der Waals surface area contributed by atoms with Crippen LogP contribution in [0.5, 0.6) is 0 Å². The topological polar surface area (TPSA) is 52.1 Å². The minimum Gasteiger partial charge on any atom is -0.466 e. The average molecular weight is 230 g/mol. The van der Waals surface area contributed by atoms with E-state index >= 15 is 0 Å². The number of aromatic nitrogens is 2. The summed E-state index contributed by atoms with van der Waals surface area (Å²) in [5.41, 5.74) is 0. The monoisotopic (exact) mass is 230 g/mol. The third-order valence-corrected chi connectivity index (χ3v) is 3.19. The molecule has 1 aromatic rings. The van der Waals surface area contributed by atoms with Crippen molar-refractivity contribution in [2.24, 2.45) is 0 Å². The second-order valence-corrected chi connectivity index (χ2v) is 4.77. The van der Waals surface area contributed by atoms with Crippen LogP contribution in [0.1, 0.15) is 5.01 Å². The molecule has 0 spiro atoms. The number of aryl methyl sites for hydroxylation is 1. The van der Waals surface area contributed by atoms with Crippen LogP contribution in [0.3, 0.4) is 0 Å². The van der Waals surface area contributed by atoms with Crippen LogP contribution < -0.4 is 0 Å². The summed E-state index contributed by atoms with van der Waals surface area (Å²) < 4.78 is 5.36. The Kier molecular flexibility index (Phi) is 4.61. The van der Waals surface area contributed by atoms with E-state index in [1.807, 2.05) is 6.92 Å². The molecule has 0 radical (unpaired) electrons. The number of methoxy groups -OCH3 is 1. The summed E-state index contributed by atoms with van der Waals surface area (Å²) in [6.07, 6.45) is 3.15. The Balaban J connectivity index is 2.28. The predicted molar refractivity (Wildman–Crippen MR) is 56.5 cm³/mol. The highest BCUT2D eigenvalue weighted by Crippen LogP contribution is 2.21. The van der Waals surface area contributed by atoms with E-state index in [9.17, 15) is 4.79 Å². The number of carbonyl (C=O) groups excluding carboxylic acids is 1. The molecule has 0 saturated heterocycles. The van der Waals surface area contributed by atoms with Gasteiger partial charge in [0.15, 0.2) is 4.34 Å². The van der Waals surface area contributed by atoms with Gasteiger partial charge in [0.2, 0.25) is 0 Å². The largest absolute Gasteiger partial charge is 0.466 e. The second-order valence-electron chi connectivity index (χ2n) is 2.32. The molecular formula is C8H10N2O2S2. The van der Waals surface area contributed by atoms with Gasteiger partial charge in [-0.3, -0.25) is 0 Å². The molecule has 0 saturated carbocycles. The number of rotatable bonds is 4. The third kappa shape index (κ3) is 3.89. The number of nitrogens with zero attached hydrogens (tertiary/aromatic N) is 2. The van der Waals surface area contributed by atoms with Gasteiger partial charge < -0.3 is 4.74 Å². The van der Waals surface area contributed by atoms with Crippen molar-refractivity contribution >= 4 is 29.1 Å². The van der Waals surface area contributed by atoms with Gasteiger partial charge in [-0.15, -0.1) is 10.2 Å². The Morgan fingerprint density at radius 3 is 3.00 bits per heavy atom. The molecule has 1 rings (SSSR count). The zero-order chi connectivity index (χ0) is 10.4. The van der Waals surface area contributed by atoms with Crippen molar-refractivity contribution in [2.75, 3.05) is 12.9 Å². The van der Waals surface area contributed by atoms with Gasteiger partial charge in [0.25, 0.3) is 0 Å². The smallest absolute Gasteiger partial charge is 0.330 e. The summed E-state index contributed by atoms with van der Waals surface area (Å²) in [5, 5.41) is 8.76. The highest BCUT2D eigenvalue weighted by atomic mass is 32.2. The SMILES string of the molecule is COC(=O)C=CCSc1nnc(C)s1. The van der Waals surface area contributed by atoms with E-state index in [4.69, 9.17) is 0 Å². The Morgan fingerprint density at radius 1 is 1.64 bits per heavy atom. The first kappa shape index (κ1) is 11.2. The van der Waals surface area contributed by atoms with Gasteiger partial charge in [-0.2, -0.15) is 0 Å². The molecule has 0 bridgehead atoms. The maximum Gasteiger partial charge on any atom is 0.330 e. The summed E-state index contributed by atoms with van der Waals surface area (Å²) in [6, 6.07) is 0. The summed E-state index contributed by atoms with van der Waals surface area (Å²) in [5.74, 6) is 0.364. The van der Waals surface area contributed by atoms with Crippen molar-refractivity contribution < 1.29 is 9.53 Å². The fourth-order valence-electron chi connectivity index (χ4n) is 0.669. The van der Waals surface area contributed by atoms with Crippen molar-refractivity contribution in [3.63, 3.8) is 0 Å². The Hall–Kier alpha value is -0.880. The molecule has 14 heavy (non-hydrogen) atoms. The molecule has 0 N–H and O–H groups in total. The zero-order valence-electron chi connectivity index (χ0n) is 7.89. The molecule has 0 aromatic carbocycles. The van der Waals surface area contributed by atoms with Crippen LogP contribution in [0, 0.1) is 6.92 Å². The van der Waals surface area contributed by atoms with Gasteiger partial charge in [0.05, 0.1) is 7.11 Å². The molecule has 0 unspecified atom stereocenters. The van der Waals surface area contributed by atoms with Gasteiger partial charge in [-0.1, -0.05) is 29.2 Å². The van der Waals surface area contributed by atoms with Crippen LogP contribution in [-0.2, 0) is 9.53 Å². The zero-order valence-corrected chi connectivity index (χ0v) is 9.52. The van der Waals surface area contributed by atoms with E-state index in [0.717, 1.165) is 9.35 Å². The van der Waals surface area contributed by atoms with Crippen molar-refractivity contribution in [3.05, 3.63) is 17.2 Å². The summed E-state index contributed by atoms with van der Waals surface area (Å²) in [7, 11) is 1.36. The Bertz CT molecular complexity index is 336. The maximum absolute atomic E-state index is 10.7. The lowest BCUT2D eigenvalue weighted by Crippen LogP contribution is -1.93. The van der Waals surface area contributed by atoms with E-state index in [-0.39, 0.29) is 5.97 Å². The van der Waals surface area contributed by atoms with Gasteiger partial charge in [0, 0.05) is 11.8 Å². The molecule has 1 aromatic heterocycles. The number of hydrogen-bond acceptors (Lipinski definition) is 6. The maximum atomic E-state index is 10.7. The second kappa shape index (κ2) is 5.77. The molecule has 0 aliphatic carbocycles. The molecule has 76 valence electrons. The van der Waals surface area contributed by atoms with Crippen molar-refractivity contribution in [1.82, 2.24) is 10.2 Å². The number of carbonyl (C=O) groups is 1.